The van der Waals surface area contributed by atoms with Crippen LogP contribution in [0.15, 0.2) is 60.8 Å². The van der Waals surface area contributed by atoms with Crippen LogP contribution in [0.1, 0.15) is 142 Å². The molecule has 3 atom stereocenters. The Kier molecular flexibility index (Phi) is 34.4. The number of aliphatic hydroxyl groups is 2. The number of hydrogen-bond acceptors (Lipinski definition) is 9. The average Bonchev–Trinajstić information content (AvgIpc) is 3.12. The molecular formula is C40H69O10P. The second-order valence-corrected chi connectivity index (χ2v) is 14.0. The highest BCUT2D eigenvalue weighted by Gasteiger charge is 2.27. The van der Waals surface area contributed by atoms with Gasteiger partial charge < -0.3 is 24.6 Å². The normalized spacial score (nSPS) is 14.7. The maximum atomic E-state index is 12.5. The zero-order valence-electron chi connectivity index (χ0n) is 31.5. The van der Waals surface area contributed by atoms with E-state index in [0.29, 0.717) is 19.3 Å². The number of hydrogen-bond donors (Lipinski definition) is 3. The third-order valence-corrected chi connectivity index (χ3v) is 8.64. The molecule has 0 rings (SSSR count). The predicted octanol–water partition coefficient (Wildman–Crippen LogP) is 9.55. The summed E-state index contributed by atoms with van der Waals surface area (Å²) in [5, 5.41) is 18.3. The van der Waals surface area contributed by atoms with Crippen molar-refractivity contribution in [2.45, 2.75) is 154 Å². The highest BCUT2D eigenvalue weighted by molar-refractivity contribution is 7.47. The lowest BCUT2D eigenvalue weighted by atomic mass is 10.1. The minimum Gasteiger partial charge on any atom is -0.462 e. The number of rotatable bonds is 35. The lowest BCUT2D eigenvalue weighted by Crippen LogP contribution is -2.29. The Labute approximate surface area is 308 Å². The number of esters is 2. The van der Waals surface area contributed by atoms with Crippen LogP contribution in [0.5, 0.6) is 0 Å². The van der Waals surface area contributed by atoms with E-state index in [9.17, 15) is 24.2 Å². The number of unbranched alkanes of at least 4 members (excludes halogenated alkanes) is 11. The van der Waals surface area contributed by atoms with Gasteiger partial charge in [0.2, 0.25) is 0 Å². The molecule has 0 saturated heterocycles. The van der Waals surface area contributed by atoms with E-state index in [1.54, 1.807) is 0 Å². The van der Waals surface area contributed by atoms with Gasteiger partial charge in [-0.2, -0.15) is 0 Å². The molecule has 0 aliphatic heterocycles. The fraction of sp³-hybridized carbons (Fsp3) is 0.700. The van der Waals surface area contributed by atoms with Crippen molar-refractivity contribution < 1.29 is 47.8 Å². The first kappa shape index (κ1) is 48.7. The summed E-state index contributed by atoms with van der Waals surface area (Å²) in [6.45, 7) is 2.16. The van der Waals surface area contributed by atoms with Crippen LogP contribution in [0, 0.1) is 0 Å². The van der Waals surface area contributed by atoms with Crippen LogP contribution in [-0.4, -0.2) is 65.7 Å². The van der Waals surface area contributed by atoms with Gasteiger partial charge in [-0.05, 0) is 51.4 Å². The molecule has 0 aromatic carbocycles. The number of allylic oxidation sites excluding steroid dienone is 10. The molecular weight excluding hydrogens is 671 g/mol. The van der Waals surface area contributed by atoms with E-state index in [1.165, 1.54) is 44.9 Å². The Bertz CT molecular complexity index is 1040. The van der Waals surface area contributed by atoms with Gasteiger partial charge in [0.1, 0.15) is 12.7 Å². The van der Waals surface area contributed by atoms with Crippen LogP contribution < -0.4 is 0 Å². The summed E-state index contributed by atoms with van der Waals surface area (Å²) in [7, 11) is -4.63. The van der Waals surface area contributed by atoms with E-state index in [2.05, 4.69) is 67.0 Å². The molecule has 0 aliphatic rings. The first-order valence-electron chi connectivity index (χ1n) is 19.2. The molecule has 0 heterocycles. The Balaban J connectivity index is 4.48. The third-order valence-electron chi connectivity index (χ3n) is 7.69. The van der Waals surface area contributed by atoms with E-state index in [4.69, 9.17) is 19.1 Å². The van der Waals surface area contributed by atoms with E-state index in [1.807, 2.05) is 12.2 Å². The summed E-state index contributed by atoms with van der Waals surface area (Å²) in [6.07, 6.45) is 37.7. The van der Waals surface area contributed by atoms with Gasteiger partial charge in [-0.25, -0.2) is 4.57 Å². The van der Waals surface area contributed by atoms with Crippen LogP contribution in [0.2, 0.25) is 0 Å². The fourth-order valence-corrected chi connectivity index (χ4v) is 5.52. The number of ether oxygens (including phenoxy) is 2. The molecule has 0 fully saturated rings. The van der Waals surface area contributed by atoms with Gasteiger partial charge in [0.15, 0.2) is 6.10 Å². The van der Waals surface area contributed by atoms with Crippen molar-refractivity contribution in [2.75, 3.05) is 26.4 Å². The summed E-state index contributed by atoms with van der Waals surface area (Å²) in [6, 6.07) is 0. The molecule has 0 radical (unpaired) electrons. The standard InChI is InChI=1S/C40H69O10P/c1-3-5-7-9-11-13-15-16-17-18-19-20-22-24-26-28-30-32-40(44)50-38(36-49-51(45,46)48-34-37(42)33-41)35-47-39(43)31-29-27-25-23-21-14-12-10-8-6-4-2/h5,7,11,13,16-17,19-20,24,26,37-38,41-42H,3-4,6,8-10,12,14-15,18,21-23,25,27-36H2,1-2H3,(H,45,46)/b7-5-,13-11-,17-16-,20-19-,26-24-/t37-,38+/m0/s1. The Morgan fingerprint density at radius 1 is 0.608 bits per heavy atom. The lowest BCUT2D eigenvalue weighted by molar-refractivity contribution is -0.161. The molecule has 51 heavy (non-hydrogen) atoms. The largest absolute Gasteiger partial charge is 0.472 e. The Hall–Kier alpha value is -2.33. The van der Waals surface area contributed by atoms with Gasteiger partial charge >= 0.3 is 19.8 Å². The summed E-state index contributed by atoms with van der Waals surface area (Å²) in [5.74, 6) is -0.998. The van der Waals surface area contributed by atoms with Crippen molar-refractivity contribution in [1.82, 2.24) is 0 Å². The predicted molar refractivity (Wildman–Crippen MR) is 205 cm³/mol. The van der Waals surface area contributed by atoms with Gasteiger partial charge in [0, 0.05) is 12.8 Å². The van der Waals surface area contributed by atoms with Crippen LogP contribution in [0.4, 0.5) is 0 Å². The van der Waals surface area contributed by atoms with Crippen LogP contribution in [-0.2, 0) is 32.7 Å². The molecule has 294 valence electrons. The summed E-state index contributed by atoms with van der Waals surface area (Å²) in [4.78, 5) is 34.8. The van der Waals surface area contributed by atoms with Crippen molar-refractivity contribution in [3.05, 3.63) is 60.8 Å². The van der Waals surface area contributed by atoms with E-state index >= 15 is 0 Å². The van der Waals surface area contributed by atoms with Crippen molar-refractivity contribution in [1.29, 1.82) is 0 Å². The quantitative estimate of drug-likeness (QED) is 0.0248. The number of phosphoric ester groups is 1. The lowest BCUT2D eigenvalue weighted by Gasteiger charge is -2.20. The van der Waals surface area contributed by atoms with Crippen LogP contribution in [0.3, 0.4) is 0 Å². The average molecular weight is 741 g/mol. The minimum absolute atomic E-state index is 0.105. The first-order valence-corrected chi connectivity index (χ1v) is 20.7. The van der Waals surface area contributed by atoms with Gasteiger partial charge in [-0.15, -0.1) is 0 Å². The fourth-order valence-electron chi connectivity index (χ4n) is 4.73. The Morgan fingerprint density at radius 2 is 1.08 bits per heavy atom. The molecule has 3 N–H and O–H groups in total. The number of phosphoric acid groups is 1. The molecule has 0 spiro atoms. The van der Waals surface area contributed by atoms with Crippen LogP contribution in [0.25, 0.3) is 0 Å². The second-order valence-electron chi connectivity index (χ2n) is 12.6. The zero-order valence-corrected chi connectivity index (χ0v) is 32.4. The molecule has 0 saturated carbocycles. The number of aliphatic hydroxyl groups excluding tert-OH is 2. The van der Waals surface area contributed by atoms with Crippen molar-refractivity contribution in [3.8, 4) is 0 Å². The van der Waals surface area contributed by atoms with E-state index in [-0.39, 0.29) is 19.4 Å². The highest BCUT2D eigenvalue weighted by atomic mass is 31.2. The minimum atomic E-state index is -4.63. The molecule has 0 bridgehead atoms. The molecule has 10 nitrogen and oxygen atoms in total. The molecule has 0 aromatic heterocycles. The number of carbonyl (C=O) groups excluding carboxylic acids is 2. The topological polar surface area (TPSA) is 149 Å². The molecule has 1 unspecified atom stereocenters. The van der Waals surface area contributed by atoms with E-state index in [0.717, 1.165) is 51.4 Å². The molecule has 0 aliphatic carbocycles. The second kappa shape index (κ2) is 36.0. The van der Waals surface area contributed by atoms with Gasteiger partial charge in [0.05, 0.1) is 19.8 Å². The third kappa shape index (κ3) is 35.8. The first-order chi connectivity index (χ1) is 24.7. The van der Waals surface area contributed by atoms with Gasteiger partial charge in [-0.3, -0.25) is 18.6 Å². The summed E-state index contributed by atoms with van der Waals surface area (Å²) >= 11 is 0. The highest BCUT2D eigenvalue weighted by Crippen LogP contribution is 2.43. The van der Waals surface area contributed by atoms with Crippen molar-refractivity contribution in [2.24, 2.45) is 0 Å². The Morgan fingerprint density at radius 3 is 1.61 bits per heavy atom. The van der Waals surface area contributed by atoms with Crippen LogP contribution >= 0.6 is 7.82 Å². The van der Waals surface area contributed by atoms with E-state index < -0.39 is 51.8 Å². The maximum absolute atomic E-state index is 12.5. The van der Waals surface area contributed by atoms with Crippen molar-refractivity contribution >= 4 is 19.8 Å². The van der Waals surface area contributed by atoms with Gasteiger partial charge in [0.25, 0.3) is 0 Å². The zero-order chi connectivity index (χ0) is 37.7. The maximum Gasteiger partial charge on any atom is 0.472 e. The smallest absolute Gasteiger partial charge is 0.462 e. The monoisotopic (exact) mass is 740 g/mol. The molecule has 0 aromatic rings. The molecule has 0 amide bonds. The summed E-state index contributed by atoms with van der Waals surface area (Å²) < 4.78 is 32.5. The number of carbonyl (C=O) groups is 2. The SMILES string of the molecule is CC/C=C\C/C=C\C/C=C\C/C=C\C/C=C\CCCC(=O)O[C@H](COC(=O)CCCCCCCCCCCCC)COP(=O)(O)OC[C@@H](O)CO. The van der Waals surface area contributed by atoms with Crippen molar-refractivity contribution in [3.63, 3.8) is 0 Å². The van der Waals surface area contributed by atoms with Gasteiger partial charge in [-0.1, -0.05) is 139 Å². The summed E-state index contributed by atoms with van der Waals surface area (Å²) in [5.41, 5.74) is 0. The molecule has 11 heteroatoms.